The summed E-state index contributed by atoms with van der Waals surface area (Å²) in [6, 6.07) is 11.3. The maximum Gasteiger partial charge on any atom is 0.289 e. The predicted octanol–water partition coefficient (Wildman–Crippen LogP) is 3.08. The lowest BCUT2D eigenvalue weighted by atomic mass is 10.3. The second-order valence-corrected chi connectivity index (χ2v) is 5.96. The Kier molecular flexibility index (Phi) is 3.55. The van der Waals surface area contributed by atoms with Gasteiger partial charge in [0.25, 0.3) is 5.69 Å². The highest BCUT2D eigenvalue weighted by molar-refractivity contribution is 7.91. The van der Waals surface area contributed by atoms with Gasteiger partial charge in [0.1, 0.15) is 5.02 Å². The molecule has 0 unspecified atom stereocenters. The van der Waals surface area contributed by atoms with Gasteiger partial charge in [0.05, 0.1) is 14.7 Å². The van der Waals surface area contributed by atoms with Crippen LogP contribution in [0.5, 0.6) is 0 Å². The van der Waals surface area contributed by atoms with Crippen LogP contribution in [-0.4, -0.2) is 13.3 Å². The molecule has 0 saturated carbocycles. The molecule has 0 spiro atoms. The second-order valence-electron chi connectivity index (χ2n) is 3.66. The Bertz CT molecular complexity index is 729. The largest absolute Gasteiger partial charge is 0.289 e. The highest BCUT2D eigenvalue weighted by Crippen LogP contribution is 2.33. The fourth-order valence-corrected chi connectivity index (χ4v) is 3.44. The van der Waals surface area contributed by atoms with Crippen LogP contribution in [0.4, 0.5) is 5.69 Å². The van der Waals surface area contributed by atoms with Crippen LogP contribution < -0.4 is 0 Å². The summed E-state index contributed by atoms with van der Waals surface area (Å²) in [5.74, 6) is 0. The summed E-state index contributed by atoms with van der Waals surface area (Å²) in [4.78, 5) is 9.82. The van der Waals surface area contributed by atoms with Crippen LogP contribution in [0.3, 0.4) is 0 Å². The molecule has 0 aromatic heterocycles. The summed E-state index contributed by atoms with van der Waals surface area (Å²) in [5, 5.41) is 10.4. The molecule has 5 nitrogen and oxygen atoms in total. The van der Waals surface area contributed by atoms with Gasteiger partial charge in [-0.1, -0.05) is 35.9 Å². The van der Waals surface area contributed by atoms with E-state index in [1.54, 1.807) is 18.2 Å². The van der Waals surface area contributed by atoms with Crippen LogP contribution in [0.25, 0.3) is 0 Å². The van der Waals surface area contributed by atoms with Gasteiger partial charge in [0.2, 0.25) is 9.84 Å². The first-order chi connectivity index (χ1) is 8.94. The number of nitrogens with zero attached hydrogens (tertiary/aromatic N) is 1. The van der Waals surface area contributed by atoms with Gasteiger partial charge in [-0.05, 0) is 18.2 Å². The molecule has 2 aromatic rings. The SMILES string of the molecule is O=[N+]([O-])c1cccc(S(=O)(=O)c2ccccc2)c1Cl. The number of benzene rings is 2. The van der Waals surface area contributed by atoms with Crippen LogP contribution in [0.2, 0.25) is 5.02 Å². The molecule has 0 amide bonds. The maximum atomic E-state index is 12.3. The van der Waals surface area contributed by atoms with Gasteiger partial charge in [0.15, 0.2) is 0 Å². The van der Waals surface area contributed by atoms with E-state index in [1.807, 2.05) is 0 Å². The summed E-state index contributed by atoms with van der Waals surface area (Å²) in [6.07, 6.45) is 0. The third-order valence-corrected chi connectivity index (χ3v) is 4.80. The van der Waals surface area contributed by atoms with Gasteiger partial charge in [-0.25, -0.2) is 8.42 Å². The normalized spacial score (nSPS) is 11.2. The molecule has 98 valence electrons. The Balaban J connectivity index is 2.66. The molecule has 0 N–H and O–H groups in total. The molecule has 0 atom stereocenters. The third-order valence-electron chi connectivity index (χ3n) is 2.48. The number of nitro benzene ring substituents is 1. The summed E-state index contributed by atoms with van der Waals surface area (Å²) in [7, 11) is -3.86. The van der Waals surface area contributed by atoms with Crippen molar-refractivity contribution in [3.05, 3.63) is 63.7 Å². The molecule has 0 heterocycles. The third kappa shape index (κ3) is 2.45. The lowest BCUT2D eigenvalue weighted by Gasteiger charge is -2.06. The zero-order chi connectivity index (χ0) is 14.0. The Labute approximate surface area is 114 Å². The van der Waals surface area contributed by atoms with Crippen molar-refractivity contribution in [2.45, 2.75) is 9.79 Å². The first kappa shape index (κ1) is 13.5. The van der Waals surface area contributed by atoms with Crippen LogP contribution in [0.1, 0.15) is 0 Å². The number of halogens is 1. The average molecular weight is 298 g/mol. The number of sulfone groups is 1. The first-order valence-corrected chi connectivity index (χ1v) is 7.04. The molecular formula is C12H8ClNO4S. The number of nitro groups is 1. The molecule has 2 aromatic carbocycles. The summed E-state index contributed by atoms with van der Waals surface area (Å²) in [5.41, 5.74) is -0.432. The summed E-state index contributed by atoms with van der Waals surface area (Å²) >= 11 is 5.82. The molecule has 0 radical (unpaired) electrons. The zero-order valence-corrected chi connectivity index (χ0v) is 11.1. The highest BCUT2D eigenvalue weighted by Gasteiger charge is 2.25. The number of rotatable bonds is 3. The van der Waals surface area contributed by atoms with Crippen molar-refractivity contribution in [1.82, 2.24) is 0 Å². The minimum atomic E-state index is -3.86. The Morgan fingerprint density at radius 3 is 2.21 bits per heavy atom. The van der Waals surface area contributed by atoms with E-state index in [0.29, 0.717) is 0 Å². The molecule has 2 rings (SSSR count). The molecular weight excluding hydrogens is 290 g/mol. The van der Waals surface area contributed by atoms with Crippen molar-refractivity contribution in [3.8, 4) is 0 Å². The van der Waals surface area contributed by atoms with E-state index in [4.69, 9.17) is 11.6 Å². The van der Waals surface area contributed by atoms with Crippen LogP contribution in [0, 0.1) is 10.1 Å². The zero-order valence-electron chi connectivity index (χ0n) is 9.49. The molecule has 0 aliphatic rings. The van der Waals surface area contributed by atoms with Gasteiger partial charge in [-0.2, -0.15) is 0 Å². The smallest absolute Gasteiger partial charge is 0.258 e. The highest BCUT2D eigenvalue weighted by atomic mass is 35.5. The topological polar surface area (TPSA) is 77.3 Å². The molecule has 0 aliphatic carbocycles. The fraction of sp³-hybridized carbons (Fsp3) is 0. The molecule has 19 heavy (non-hydrogen) atoms. The minimum Gasteiger partial charge on any atom is -0.258 e. The standard InChI is InChI=1S/C12H8ClNO4S/c13-12-10(14(15)16)7-4-8-11(12)19(17,18)9-5-2-1-3-6-9/h1-8H. The molecule has 0 aliphatic heterocycles. The van der Waals surface area contributed by atoms with Gasteiger partial charge in [-0.15, -0.1) is 0 Å². The van der Waals surface area contributed by atoms with Crippen molar-refractivity contribution in [2.24, 2.45) is 0 Å². The van der Waals surface area contributed by atoms with Crippen molar-refractivity contribution >= 4 is 27.1 Å². The average Bonchev–Trinajstić information content (AvgIpc) is 2.39. The quantitative estimate of drug-likeness (QED) is 0.644. The molecule has 0 fully saturated rings. The van der Waals surface area contributed by atoms with Gasteiger partial charge < -0.3 is 0 Å². The minimum absolute atomic E-state index is 0.0393. The van der Waals surface area contributed by atoms with E-state index < -0.39 is 20.4 Å². The van der Waals surface area contributed by atoms with Crippen LogP contribution in [-0.2, 0) is 9.84 Å². The van der Waals surface area contributed by atoms with E-state index in [0.717, 1.165) is 6.07 Å². The molecule has 0 saturated heterocycles. The van der Waals surface area contributed by atoms with E-state index >= 15 is 0 Å². The molecule has 7 heteroatoms. The van der Waals surface area contributed by atoms with Crippen molar-refractivity contribution in [2.75, 3.05) is 0 Å². The van der Waals surface area contributed by atoms with Crippen LogP contribution >= 0.6 is 11.6 Å². The lowest BCUT2D eigenvalue weighted by molar-refractivity contribution is -0.384. The maximum absolute atomic E-state index is 12.3. The first-order valence-electron chi connectivity index (χ1n) is 5.17. The van der Waals surface area contributed by atoms with E-state index in [9.17, 15) is 18.5 Å². The summed E-state index contributed by atoms with van der Waals surface area (Å²) in [6.45, 7) is 0. The van der Waals surface area contributed by atoms with Crippen molar-refractivity contribution in [1.29, 1.82) is 0 Å². The Hall–Kier alpha value is -1.92. The van der Waals surface area contributed by atoms with Gasteiger partial charge in [0, 0.05) is 6.07 Å². The Morgan fingerprint density at radius 1 is 1.00 bits per heavy atom. The van der Waals surface area contributed by atoms with E-state index in [-0.39, 0.29) is 14.8 Å². The van der Waals surface area contributed by atoms with Crippen molar-refractivity contribution in [3.63, 3.8) is 0 Å². The fourth-order valence-electron chi connectivity index (χ4n) is 1.57. The molecule has 0 bridgehead atoms. The predicted molar refractivity (Wildman–Crippen MR) is 70.0 cm³/mol. The van der Waals surface area contributed by atoms with E-state index in [2.05, 4.69) is 0 Å². The Morgan fingerprint density at radius 2 is 1.63 bits per heavy atom. The monoisotopic (exact) mass is 297 g/mol. The lowest BCUT2D eigenvalue weighted by Crippen LogP contribution is -2.04. The summed E-state index contributed by atoms with van der Waals surface area (Å²) < 4.78 is 24.6. The van der Waals surface area contributed by atoms with Crippen LogP contribution in [0.15, 0.2) is 58.3 Å². The number of hydrogen-bond donors (Lipinski definition) is 0. The van der Waals surface area contributed by atoms with Gasteiger partial charge >= 0.3 is 0 Å². The second kappa shape index (κ2) is 4.99. The van der Waals surface area contributed by atoms with E-state index in [1.165, 1.54) is 24.3 Å². The van der Waals surface area contributed by atoms with Gasteiger partial charge in [-0.3, -0.25) is 10.1 Å². The van der Waals surface area contributed by atoms with Crippen molar-refractivity contribution < 1.29 is 13.3 Å². The number of hydrogen-bond acceptors (Lipinski definition) is 4.